The predicted octanol–water partition coefficient (Wildman–Crippen LogP) is 3.55. The number of hydrogen-bond donors (Lipinski definition) is 0. The first-order chi connectivity index (χ1) is 10.9. The molecule has 3 aliphatic rings. The van der Waals surface area contributed by atoms with Crippen LogP contribution in [0.2, 0.25) is 0 Å². The van der Waals surface area contributed by atoms with Crippen LogP contribution in [0.5, 0.6) is 5.75 Å². The summed E-state index contributed by atoms with van der Waals surface area (Å²) in [5, 5.41) is 9.02. The van der Waals surface area contributed by atoms with Gasteiger partial charge in [0.05, 0.1) is 5.56 Å². The number of carbonyl (C=O) groups excluding carboxylic acids is 1. The molecule has 0 spiro atoms. The van der Waals surface area contributed by atoms with Gasteiger partial charge in [-0.1, -0.05) is 32.9 Å². The summed E-state index contributed by atoms with van der Waals surface area (Å²) in [6, 6.07) is 8.95. The van der Waals surface area contributed by atoms with Crippen LogP contribution in [0.25, 0.3) is 0 Å². The van der Waals surface area contributed by atoms with Crippen molar-refractivity contribution in [2.24, 2.45) is 23.2 Å². The summed E-state index contributed by atoms with van der Waals surface area (Å²) in [5.41, 5.74) is 0.805. The van der Waals surface area contributed by atoms with Crippen molar-refractivity contribution in [3.8, 4) is 11.8 Å². The van der Waals surface area contributed by atoms with E-state index in [-0.39, 0.29) is 18.7 Å². The summed E-state index contributed by atoms with van der Waals surface area (Å²) in [4.78, 5) is 12.1. The molecule has 0 aliphatic heterocycles. The third kappa shape index (κ3) is 2.81. The van der Waals surface area contributed by atoms with Gasteiger partial charge >= 0.3 is 5.97 Å². The number of nitrogens with zero attached hydrogens (tertiary/aromatic N) is 1. The Kier molecular flexibility index (Phi) is 4.06. The normalized spacial score (nSPS) is 30.7. The molecule has 4 nitrogen and oxygen atoms in total. The third-order valence-corrected chi connectivity index (χ3v) is 5.92. The van der Waals surface area contributed by atoms with Gasteiger partial charge in [-0.15, -0.1) is 0 Å². The van der Waals surface area contributed by atoms with Crippen molar-refractivity contribution in [2.45, 2.75) is 39.7 Å². The number of para-hydroxylation sites is 1. The average molecular weight is 313 g/mol. The molecule has 0 saturated heterocycles. The number of ether oxygens (including phenoxy) is 2. The van der Waals surface area contributed by atoms with Crippen LogP contribution in [0.4, 0.5) is 0 Å². The Morgan fingerprint density at radius 2 is 2.09 bits per heavy atom. The highest BCUT2D eigenvalue weighted by molar-refractivity contribution is 5.71. The van der Waals surface area contributed by atoms with E-state index in [9.17, 15) is 4.79 Å². The van der Waals surface area contributed by atoms with E-state index in [0.717, 1.165) is 6.42 Å². The van der Waals surface area contributed by atoms with Gasteiger partial charge in [0.1, 0.15) is 17.9 Å². The van der Waals surface area contributed by atoms with Crippen LogP contribution in [0.3, 0.4) is 0 Å². The molecule has 1 aromatic carbocycles. The van der Waals surface area contributed by atoms with Crippen molar-refractivity contribution in [2.75, 3.05) is 6.61 Å². The minimum Gasteiger partial charge on any atom is -0.481 e. The van der Waals surface area contributed by atoms with Crippen molar-refractivity contribution >= 4 is 5.97 Å². The van der Waals surface area contributed by atoms with Gasteiger partial charge in [0, 0.05) is 0 Å². The van der Waals surface area contributed by atoms with Crippen LogP contribution in [0.1, 0.15) is 39.2 Å². The lowest BCUT2D eigenvalue weighted by molar-refractivity contribution is -0.187. The predicted molar refractivity (Wildman–Crippen MR) is 85.7 cm³/mol. The largest absolute Gasteiger partial charge is 0.481 e. The Balaban J connectivity index is 1.54. The third-order valence-electron chi connectivity index (χ3n) is 5.92. The minimum absolute atomic E-state index is 0.00548. The van der Waals surface area contributed by atoms with Crippen LogP contribution in [-0.2, 0) is 9.53 Å². The summed E-state index contributed by atoms with van der Waals surface area (Å²) in [6.07, 6.45) is 2.20. The van der Waals surface area contributed by atoms with Crippen LogP contribution in [0.15, 0.2) is 24.3 Å². The highest BCUT2D eigenvalue weighted by Gasteiger charge is 2.57. The average Bonchev–Trinajstić information content (AvgIpc) is 2.54. The van der Waals surface area contributed by atoms with Gasteiger partial charge in [-0.2, -0.15) is 5.26 Å². The van der Waals surface area contributed by atoms with Gasteiger partial charge in [-0.3, -0.25) is 0 Å². The Hall–Kier alpha value is -2.02. The summed E-state index contributed by atoms with van der Waals surface area (Å²) >= 11 is 0. The number of esters is 1. The van der Waals surface area contributed by atoms with Crippen molar-refractivity contribution < 1.29 is 14.3 Å². The highest BCUT2D eigenvalue weighted by atomic mass is 16.6. The van der Waals surface area contributed by atoms with Gasteiger partial charge in [0.2, 0.25) is 0 Å². The SMILES string of the molecule is CC1C(OC(=O)COc2ccccc2C#N)CC2CC1C2(C)C. The lowest BCUT2D eigenvalue weighted by atomic mass is 9.45. The van der Waals surface area contributed by atoms with Gasteiger partial charge in [0.25, 0.3) is 0 Å². The van der Waals surface area contributed by atoms with Crippen LogP contribution >= 0.6 is 0 Å². The lowest BCUT2D eigenvalue weighted by Crippen LogP contribution is -2.57. The van der Waals surface area contributed by atoms with E-state index in [0.29, 0.717) is 34.5 Å². The first kappa shape index (κ1) is 15.9. The fourth-order valence-electron chi connectivity index (χ4n) is 4.28. The Labute approximate surface area is 137 Å². The fraction of sp³-hybridized carbons (Fsp3) is 0.579. The highest BCUT2D eigenvalue weighted by Crippen LogP contribution is 2.61. The molecule has 4 rings (SSSR count). The molecule has 0 radical (unpaired) electrons. The van der Waals surface area contributed by atoms with Gasteiger partial charge in [-0.05, 0) is 48.1 Å². The number of benzene rings is 1. The molecule has 4 unspecified atom stereocenters. The van der Waals surface area contributed by atoms with Crippen LogP contribution < -0.4 is 4.74 Å². The van der Waals surface area contributed by atoms with Crippen LogP contribution in [-0.4, -0.2) is 18.7 Å². The summed E-state index contributed by atoms with van der Waals surface area (Å²) in [5.74, 6) is 1.76. The molecule has 4 atom stereocenters. The number of rotatable bonds is 4. The van der Waals surface area contributed by atoms with Crippen molar-refractivity contribution in [3.63, 3.8) is 0 Å². The summed E-state index contributed by atoms with van der Waals surface area (Å²) in [6.45, 7) is 6.68. The van der Waals surface area contributed by atoms with E-state index in [4.69, 9.17) is 14.7 Å². The van der Waals surface area contributed by atoms with Gasteiger partial charge in [-0.25, -0.2) is 4.79 Å². The van der Waals surface area contributed by atoms with E-state index >= 15 is 0 Å². The van der Waals surface area contributed by atoms with Crippen LogP contribution in [0, 0.1) is 34.5 Å². The maximum absolute atomic E-state index is 12.1. The van der Waals surface area contributed by atoms with Gasteiger partial charge in [0.15, 0.2) is 6.61 Å². The zero-order valence-electron chi connectivity index (χ0n) is 13.9. The quantitative estimate of drug-likeness (QED) is 0.798. The topological polar surface area (TPSA) is 59.3 Å². The Morgan fingerprint density at radius 1 is 1.35 bits per heavy atom. The molecule has 0 N–H and O–H groups in total. The lowest BCUT2D eigenvalue weighted by Gasteiger charge is -2.61. The molecule has 0 amide bonds. The first-order valence-electron chi connectivity index (χ1n) is 8.25. The number of carbonyl (C=O) groups is 1. The molecular formula is C19H23NO3. The molecule has 2 bridgehead atoms. The molecule has 0 heterocycles. The van der Waals surface area contributed by atoms with Gasteiger partial charge < -0.3 is 9.47 Å². The molecule has 122 valence electrons. The minimum atomic E-state index is -0.353. The zero-order chi connectivity index (χ0) is 16.6. The molecule has 3 aliphatic carbocycles. The Bertz CT molecular complexity index is 646. The number of hydrogen-bond acceptors (Lipinski definition) is 4. The first-order valence-corrected chi connectivity index (χ1v) is 8.25. The van der Waals surface area contributed by atoms with E-state index in [2.05, 4.69) is 26.8 Å². The van der Waals surface area contributed by atoms with Crippen molar-refractivity contribution in [1.29, 1.82) is 5.26 Å². The summed E-state index contributed by atoms with van der Waals surface area (Å²) < 4.78 is 11.1. The second-order valence-corrected chi connectivity index (χ2v) is 7.38. The second kappa shape index (κ2) is 5.88. The maximum atomic E-state index is 12.1. The van der Waals surface area contributed by atoms with E-state index in [1.54, 1.807) is 24.3 Å². The standard InChI is InChI=1S/C19H23NO3/c1-12-15-8-14(19(15,2)3)9-17(12)23-18(21)11-22-16-7-5-4-6-13(16)10-20/h4-7,12,14-15,17H,8-9,11H2,1-3H3. The molecular weight excluding hydrogens is 290 g/mol. The second-order valence-electron chi connectivity index (χ2n) is 7.38. The summed E-state index contributed by atoms with van der Waals surface area (Å²) in [7, 11) is 0. The molecule has 23 heavy (non-hydrogen) atoms. The van der Waals surface area contributed by atoms with E-state index < -0.39 is 0 Å². The molecule has 0 aromatic heterocycles. The van der Waals surface area contributed by atoms with Crippen molar-refractivity contribution in [3.05, 3.63) is 29.8 Å². The molecule has 3 fully saturated rings. The maximum Gasteiger partial charge on any atom is 0.344 e. The molecule has 4 heteroatoms. The smallest absolute Gasteiger partial charge is 0.344 e. The van der Waals surface area contributed by atoms with E-state index in [1.807, 2.05) is 0 Å². The van der Waals surface area contributed by atoms with E-state index in [1.165, 1.54) is 6.42 Å². The number of nitriles is 1. The molecule has 3 saturated carbocycles. The monoisotopic (exact) mass is 313 g/mol. The zero-order valence-corrected chi connectivity index (χ0v) is 13.9. The van der Waals surface area contributed by atoms with Crippen molar-refractivity contribution in [1.82, 2.24) is 0 Å². The molecule has 1 aromatic rings. The fourth-order valence-corrected chi connectivity index (χ4v) is 4.28. The number of fused-ring (bicyclic) bond motifs is 2. The Morgan fingerprint density at radius 3 is 2.74 bits per heavy atom.